The summed E-state index contributed by atoms with van der Waals surface area (Å²) in [6.07, 6.45) is 0.388. The molecule has 0 aromatic heterocycles. The summed E-state index contributed by atoms with van der Waals surface area (Å²) in [7, 11) is 3.23. The van der Waals surface area contributed by atoms with Crippen LogP contribution in [0.25, 0.3) is 10.8 Å². The zero-order valence-corrected chi connectivity index (χ0v) is 16.1. The summed E-state index contributed by atoms with van der Waals surface area (Å²) in [6, 6.07) is 16.1. The van der Waals surface area contributed by atoms with E-state index in [1.807, 2.05) is 30.3 Å². The summed E-state index contributed by atoms with van der Waals surface area (Å²) in [4.78, 5) is 12.5. The lowest BCUT2D eigenvalue weighted by Crippen LogP contribution is -2.24. The number of hydrogen-bond donors (Lipinski definition) is 1. The summed E-state index contributed by atoms with van der Waals surface area (Å²) < 4.78 is 11.7. The molecular formula is C21H18BrNO3. The average Bonchev–Trinajstić information content (AvgIpc) is 2.67. The first kappa shape index (κ1) is 16.9. The number of carbonyl (C=O) groups is 1. The van der Waals surface area contributed by atoms with Crippen LogP contribution in [0.3, 0.4) is 0 Å². The number of halogens is 1. The van der Waals surface area contributed by atoms with Gasteiger partial charge in [-0.2, -0.15) is 0 Å². The Morgan fingerprint density at radius 2 is 1.73 bits per heavy atom. The molecule has 3 aromatic rings. The highest BCUT2D eigenvalue weighted by Crippen LogP contribution is 2.45. The van der Waals surface area contributed by atoms with Crippen LogP contribution in [0.2, 0.25) is 0 Å². The minimum atomic E-state index is -0.0578. The molecule has 132 valence electrons. The van der Waals surface area contributed by atoms with Gasteiger partial charge < -0.3 is 14.8 Å². The zero-order chi connectivity index (χ0) is 18.3. The molecule has 3 aromatic carbocycles. The predicted octanol–water partition coefficient (Wildman–Crippen LogP) is 5.09. The molecule has 1 N–H and O–H groups in total. The van der Waals surface area contributed by atoms with Gasteiger partial charge in [-0.15, -0.1) is 0 Å². The van der Waals surface area contributed by atoms with Gasteiger partial charge in [-0.25, -0.2) is 0 Å². The van der Waals surface area contributed by atoms with E-state index in [0.29, 0.717) is 17.9 Å². The fourth-order valence-electron chi connectivity index (χ4n) is 3.62. The fourth-order valence-corrected chi connectivity index (χ4v) is 4.22. The minimum Gasteiger partial charge on any atom is -0.493 e. The highest BCUT2D eigenvalue weighted by Gasteiger charge is 2.30. The maximum Gasteiger partial charge on any atom is 0.225 e. The normalized spacial score (nSPS) is 16.1. The summed E-state index contributed by atoms with van der Waals surface area (Å²) in [5.74, 6) is 1.26. The van der Waals surface area contributed by atoms with E-state index in [9.17, 15) is 4.79 Å². The molecule has 4 rings (SSSR count). The molecule has 0 bridgehead atoms. The van der Waals surface area contributed by atoms with Crippen molar-refractivity contribution in [1.29, 1.82) is 0 Å². The Bertz CT molecular complexity index is 1020. The van der Waals surface area contributed by atoms with Crippen molar-refractivity contribution >= 4 is 38.3 Å². The summed E-state index contributed by atoms with van der Waals surface area (Å²) in [5, 5.41) is 5.23. The summed E-state index contributed by atoms with van der Waals surface area (Å²) in [6.45, 7) is 0. The average molecular weight is 412 g/mol. The Balaban J connectivity index is 1.92. The van der Waals surface area contributed by atoms with E-state index in [4.69, 9.17) is 9.47 Å². The highest BCUT2D eigenvalue weighted by molar-refractivity contribution is 9.10. The third kappa shape index (κ3) is 2.72. The van der Waals surface area contributed by atoms with Crippen LogP contribution in [0, 0.1) is 0 Å². The van der Waals surface area contributed by atoms with Crippen LogP contribution in [-0.2, 0) is 4.79 Å². The lowest BCUT2D eigenvalue weighted by atomic mass is 9.83. The van der Waals surface area contributed by atoms with Crippen LogP contribution in [0.1, 0.15) is 23.5 Å². The van der Waals surface area contributed by atoms with Crippen LogP contribution < -0.4 is 14.8 Å². The molecule has 0 radical (unpaired) electrons. The molecular weight excluding hydrogens is 394 g/mol. The van der Waals surface area contributed by atoms with Crippen LogP contribution in [0.5, 0.6) is 11.5 Å². The molecule has 1 heterocycles. The zero-order valence-electron chi connectivity index (χ0n) is 14.5. The number of benzene rings is 3. The molecule has 26 heavy (non-hydrogen) atoms. The van der Waals surface area contributed by atoms with Crippen molar-refractivity contribution in [2.45, 2.75) is 12.3 Å². The van der Waals surface area contributed by atoms with Crippen molar-refractivity contribution in [3.05, 3.63) is 64.1 Å². The van der Waals surface area contributed by atoms with E-state index in [-0.39, 0.29) is 11.8 Å². The van der Waals surface area contributed by atoms with Crippen molar-refractivity contribution in [2.24, 2.45) is 0 Å². The second-order valence-electron chi connectivity index (χ2n) is 6.28. The van der Waals surface area contributed by atoms with Gasteiger partial charge >= 0.3 is 0 Å². The maximum atomic E-state index is 12.5. The molecule has 5 heteroatoms. The standard InChI is InChI=1S/C21H18BrNO3/c1-25-18-9-16(17(22)11-19(18)26-2)15-10-20(24)23-21-13-6-4-3-5-12(13)7-8-14(15)21/h3-9,11,15H,10H2,1-2H3,(H,23,24)/t15-/m1/s1. The quantitative estimate of drug-likeness (QED) is 0.652. The molecule has 1 aliphatic heterocycles. The van der Waals surface area contributed by atoms with Crippen molar-refractivity contribution < 1.29 is 14.3 Å². The van der Waals surface area contributed by atoms with E-state index in [2.05, 4.69) is 39.4 Å². The number of ether oxygens (including phenoxy) is 2. The Morgan fingerprint density at radius 3 is 2.50 bits per heavy atom. The number of fused-ring (bicyclic) bond motifs is 3. The fraction of sp³-hybridized carbons (Fsp3) is 0.190. The maximum absolute atomic E-state index is 12.5. The number of amides is 1. The first-order chi connectivity index (χ1) is 12.6. The number of anilines is 1. The van der Waals surface area contributed by atoms with Crippen molar-refractivity contribution in [2.75, 3.05) is 19.5 Å². The molecule has 4 nitrogen and oxygen atoms in total. The smallest absolute Gasteiger partial charge is 0.225 e. The first-order valence-electron chi connectivity index (χ1n) is 8.35. The van der Waals surface area contributed by atoms with E-state index in [0.717, 1.165) is 32.1 Å². The van der Waals surface area contributed by atoms with Gasteiger partial charge in [0, 0.05) is 22.2 Å². The lowest BCUT2D eigenvalue weighted by Gasteiger charge is -2.28. The number of nitrogens with one attached hydrogen (secondary N) is 1. The third-order valence-electron chi connectivity index (χ3n) is 4.87. The summed E-state index contributed by atoms with van der Waals surface area (Å²) in [5.41, 5.74) is 3.01. The first-order valence-corrected chi connectivity index (χ1v) is 9.14. The van der Waals surface area contributed by atoms with Crippen molar-refractivity contribution in [1.82, 2.24) is 0 Å². The molecule has 0 unspecified atom stereocenters. The Morgan fingerprint density at radius 1 is 1.00 bits per heavy atom. The number of rotatable bonds is 3. The van der Waals surface area contributed by atoms with Gasteiger partial charge in [0.15, 0.2) is 11.5 Å². The van der Waals surface area contributed by atoms with Crippen molar-refractivity contribution in [3.8, 4) is 11.5 Å². The van der Waals surface area contributed by atoms with E-state index >= 15 is 0 Å². The number of hydrogen-bond acceptors (Lipinski definition) is 3. The molecule has 1 aliphatic rings. The highest BCUT2D eigenvalue weighted by atomic mass is 79.9. The molecule has 0 spiro atoms. The predicted molar refractivity (Wildman–Crippen MR) is 106 cm³/mol. The van der Waals surface area contributed by atoms with E-state index < -0.39 is 0 Å². The minimum absolute atomic E-state index is 0.0144. The monoisotopic (exact) mass is 411 g/mol. The lowest BCUT2D eigenvalue weighted by molar-refractivity contribution is -0.116. The Kier molecular flexibility index (Phi) is 4.32. The Labute approximate surface area is 160 Å². The molecule has 0 aliphatic carbocycles. The summed E-state index contributed by atoms with van der Waals surface area (Å²) >= 11 is 3.64. The number of carbonyl (C=O) groups excluding carboxylic acids is 1. The van der Waals surface area contributed by atoms with Gasteiger partial charge in [-0.3, -0.25) is 4.79 Å². The number of methoxy groups -OCH3 is 2. The van der Waals surface area contributed by atoms with Crippen LogP contribution in [0.15, 0.2) is 53.0 Å². The van der Waals surface area contributed by atoms with Gasteiger partial charge in [-0.1, -0.05) is 52.3 Å². The van der Waals surface area contributed by atoms with Crippen LogP contribution >= 0.6 is 15.9 Å². The second kappa shape index (κ2) is 6.65. The largest absolute Gasteiger partial charge is 0.493 e. The van der Waals surface area contributed by atoms with Gasteiger partial charge in [-0.05, 0) is 28.6 Å². The molecule has 0 saturated carbocycles. The molecule has 1 atom stereocenters. The van der Waals surface area contributed by atoms with Gasteiger partial charge in [0.05, 0.1) is 19.9 Å². The van der Waals surface area contributed by atoms with Crippen LogP contribution in [-0.4, -0.2) is 20.1 Å². The van der Waals surface area contributed by atoms with E-state index in [1.54, 1.807) is 14.2 Å². The van der Waals surface area contributed by atoms with Gasteiger partial charge in [0.2, 0.25) is 5.91 Å². The van der Waals surface area contributed by atoms with Crippen LogP contribution in [0.4, 0.5) is 5.69 Å². The Hall–Kier alpha value is -2.53. The molecule has 0 saturated heterocycles. The molecule has 0 fully saturated rings. The second-order valence-corrected chi connectivity index (χ2v) is 7.14. The SMILES string of the molecule is COc1cc(Br)c([C@@H]2CC(=O)Nc3c2ccc2ccccc32)cc1OC. The van der Waals surface area contributed by atoms with Gasteiger partial charge in [0.1, 0.15) is 0 Å². The van der Waals surface area contributed by atoms with E-state index in [1.165, 1.54) is 0 Å². The topological polar surface area (TPSA) is 47.6 Å². The third-order valence-corrected chi connectivity index (χ3v) is 5.56. The van der Waals surface area contributed by atoms with Gasteiger partial charge in [0.25, 0.3) is 0 Å². The van der Waals surface area contributed by atoms with Crippen molar-refractivity contribution in [3.63, 3.8) is 0 Å². The molecule has 1 amide bonds.